The lowest BCUT2D eigenvalue weighted by Crippen LogP contribution is -2.60. The molecule has 3 saturated heterocycles. The van der Waals surface area contributed by atoms with Crippen LogP contribution in [0.5, 0.6) is 0 Å². The number of hydrogen-bond donors (Lipinski definition) is 2. The van der Waals surface area contributed by atoms with Crippen molar-refractivity contribution in [2.75, 3.05) is 19.8 Å². The molecule has 0 aromatic heterocycles. The van der Waals surface area contributed by atoms with E-state index < -0.39 is 53.5 Å². The summed E-state index contributed by atoms with van der Waals surface area (Å²) in [7, 11) is 0. The minimum absolute atomic E-state index is 0.0776. The van der Waals surface area contributed by atoms with Crippen molar-refractivity contribution in [1.82, 2.24) is 15.1 Å². The van der Waals surface area contributed by atoms with Crippen molar-refractivity contribution >= 4 is 23.7 Å². The van der Waals surface area contributed by atoms with Gasteiger partial charge < -0.3 is 29.7 Å². The van der Waals surface area contributed by atoms with Crippen LogP contribution in [-0.2, 0) is 28.7 Å². The lowest BCUT2D eigenvalue weighted by atomic mass is 9.70. The summed E-state index contributed by atoms with van der Waals surface area (Å²) in [6.07, 6.45) is 4.37. The van der Waals surface area contributed by atoms with Crippen LogP contribution >= 0.6 is 0 Å². The maximum absolute atomic E-state index is 14.4. The van der Waals surface area contributed by atoms with E-state index in [1.807, 2.05) is 58.0 Å². The smallest absolute Gasteiger partial charge is 0.306 e. The van der Waals surface area contributed by atoms with Crippen molar-refractivity contribution in [3.8, 4) is 0 Å². The van der Waals surface area contributed by atoms with Crippen LogP contribution in [0, 0.1) is 17.8 Å². The van der Waals surface area contributed by atoms with Gasteiger partial charge in [-0.25, -0.2) is 0 Å². The number of carbonyl (C=O) groups excluding carboxylic acids is 4. The number of rotatable bonds is 15. The molecule has 4 rings (SSSR count). The summed E-state index contributed by atoms with van der Waals surface area (Å²) in [5.41, 5.74) is -0.447. The molecule has 2 bridgehead atoms. The number of benzene rings is 1. The maximum Gasteiger partial charge on any atom is 0.306 e. The van der Waals surface area contributed by atoms with Gasteiger partial charge in [0.05, 0.1) is 36.6 Å². The second kappa shape index (κ2) is 14.1. The molecule has 3 fully saturated rings. The first-order chi connectivity index (χ1) is 21.0. The third kappa shape index (κ3) is 6.19. The third-order valence-corrected chi connectivity index (χ3v) is 9.30. The van der Waals surface area contributed by atoms with E-state index in [2.05, 4.69) is 18.5 Å². The van der Waals surface area contributed by atoms with Gasteiger partial charge in [-0.3, -0.25) is 19.2 Å². The van der Waals surface area contributed by atoms with Crippen molar-refractivity contribution in [3.05, 3.63) is 61.2 Å². The molecule has 44 heavy (non-hydrogen) atoms. The molecule has 0 saturated carbocycles. The van der Waals surface area contributed by atoms with E-state index in [-0.39, 0.29) is 43.4 Å². The van der Waals surface area contributed by atoms with Gasteiger partial charge in [0.25, 0.3) is 0 Å². The quantitative estimate of drug-likeness (QED) is 0.231. The van der Waals surface area contributed by atoms with Crippen molar-refractivity contribution in [2.24, 2.45) is 17.8 Å². The van der Waals surface area contributed by atoms with E-state index in [1.165, 1.54) is 4.90 Å². The van der Waals surface area contributed by atoms with Crippen LogP contribution in [0.25, 0.3) is 0 Å². The second-order valence-electron chi connectivity index (χ2n) is 12.7. The lowest BCUT2D eigenvalue weighted by molar-refractivity contribution is -0.153. The van der Waals surface area contributed by atoms with Crippen molar-refractivity contribution in [1.29, 1.82) is 0 Å². The van der Waals surface area contributed by atoms with Gasteiger partial charge in [0, 0.05) is 19.0 Å². The van der Waals surface area contributed by atoms with Gasteiger partial charge in [-0.2, -0.15) is 0 Å². The molecular formula is C34H47N3O7. The first kappa shape index (κ1) is 33.4. The van der Waals surface area contributed by atoms with Gasteiger partial charge in [0.1, 0.15) is 18.2 Å². The Morgan fingerprint density at radius 1 is 1.18 bits per heavy atom. The fourth-order valence-electron chi connectivity index (χ4n) is 7.14. The number of aliphatic hydroxyl groups is 1. The Morgan fingerprint density at radius 3 is 2.48 bits per heavy atom. The van der Waals surface area contributed by atoms with Crippen LogP contribution in [0.4, 0.5) is 0 Å². The first-order valence-corrected chi connectivity index (χ1v) is 15.7. The molecule has 1 spiro atoms. The molecule has 0 aliphatic carbocycles. The Bertz CT molecular complexity index is 1230. The van der Waals surface area contributed by atoms with E-state index in [0.717, 1.165) is 5.56 Å². The highest BCUT2D eigenvalue weighted by atomic mass is 16.5. The van der Waals surface area contributed by atoms with Crippen molar-refractivity contribution in [2.45, 2.75) is 89.3 Å². The highest BCUT2D eigenvalue weighted by molar-refractivity contribution is 5.99. The molecular weight excluding hydrogens is 562 g/mol. The second-order valence-corrected chi connectivity index (χ2v) is 12.7. The summed E-state index contributed by atoms with van der Waals surface area (Å²) >= 11 is 0. The van der Waals surface area contributed by atoms with Crippen molar-refractivity contribution in [3.63, 3.8) is 0 Å². The number of esters is 1. The number of carbonyl (C=O) groups is 4. The molecule has 3 heterocycles. The standard InChI is InChI=1S/C34H47N3O7/c1-7-9-15-27(39)43-20-24(23-13-11-10-12-14-23)35-31(40)28-26-16-17-34(44-26)29(28)32(41)37(25(19-38)21(3)4)30(34)33(42)36(18-8-2)22(5)6/h7-8,10-14,21-22,24-26,28-30,38H,1-2,9,15-20H2,3-6H3,(H,35,40)/t24-,25-,26+,28-,29-,30+,34-/m0/s1. The molecule has 10 nitrogen and oxygen atoms in total. The normalized spacial score (nSPS) is 26.8. The van der Waals surface area contributed by atoms with Crippen LogP contribution in [-0.4, -0.2) is 88.2 Å². The zero-order chi connectivity index (χ0) is 32.2. The minimum Gasteiger partial charge on any atom is -0.463 e. The van der Waals surface area contributed by atoms with Crippen LogP contribution in [0.15, 0.2) is 55.6 Å². The fraction of sp³-hybridized carbons (Fsp3) is 0.588. The van der Waals surface area contributed by atoms with Crippen LogP contribution in [0.3, 0.4) is 0 Å². The molecule has 3 aliphatic rings. The zero-order valence-corrected chi connectivity index (χ0v) is 26.3. The first-order valence-electron chi connectivity index (χ1n) is 15.7. The topological polar surface area (TPSA) is 125 Å². The van der Waals surface area contributed by atoms with E-state index >= 15 is 0 Å². The SMILES string of the molecule is C=CCCC(=O)OC[C@H](NC(=O)[C@@H]1[C@H]2C(=O)N([C@@H](CO)C(C)C)[C@H](C(=O)N(CC=C)C(C)C)[C@]23CC[C@H]1O3)c1ccccc1. The molecule has 1 aromatic rings. The number of ether oxygens (including phenoxy) is 2. The summed E-state index contributed by atoms with van der Waals surface area (Å²) in [6.45, 7) is 14.9. The largest absolute Gasteiger partial charge is 0.463 e. The Balaban J connectivity index is 1.68. The lowest BCUT2D eigenvalue weighted by Gasteiger charge is -2.41. The van der Waals surface area contributed by atoms with Crippen LogP contribution < -0.4 is 5.32 Å². The molecule has 3 amide bonds. The van der Waals surface area contributed by atoms with E-state index in [9.17, 15) is 24.3 Å². The number of aliphatic hydroxyl groups excluding tert-OH is 1. The molecule has 3 aliphatic heterocycles. The van der Waals surface area contributed by atoms with Crippen LogP contribution in [0.2, 0.25) is 0 Å². The molecule has 10 heteroatoms. The van der Waals surface area contributed by atoms with E-state index in [0.29, 0.717) is 25.8 Å². The Hall–Kier alpha value is -3.50. The molecule has 7 atom stereocenters. The predicted molar refractivity (Wildman–Crippen MR) is 165 cm³/mol. The zero-order valence-electron chi connectivity index (χ0n) is 26.3. The molecule has 1 aromatic carbocycles. The predicted octanol–water partition coefficient (Wildman–Crippen LogP) is 3.17. The maximum atomic E-state index is 14.4. The number of fused-ring (bicyclic) bond motifs is 1. The number of hydrogen-bond acceptors (Lipinski definition) is 7. The summed E-state index contributed by atoms with van der Waals surface area (Å²) < 4.78 is 12.1. The highest BCUT2D eigenvalue weighted by Gasteiger charge is 2.75. The highest BCUT2D eigenvalue weighted by Crippen LogP contribution is 2.59. The average Bonchev–Trinajstić information content (AvgIpc) is 3.64. The monoisotopic (exact) mass is 609 g/mol. The number of likely N-dealkylation sites (tertiary alicyclic amines) is 1. The summed E-state index contributed by atoms with van der Waals surface area (Å²) in [6, 6.07) is 6.77. The number of amides is 3. The van der Waals surface area contributed by atoms with Crippen LogP contribution in [0.1, 0.15) is 65.0 Å². The summed E-state index contributed by atoms with van der Waals surface area (Å²) in [4.78, 5) is 58.4. The molecule has 0 radical (unpaired) electrons. The number of nitrogens with one attached hydrogen (secondary N) is 1. The average molecular weight is 610 g/mol. The van der Waals surface area contributed by atoms with Gasteiger partial charge in [-0.1, -0.05) is 56.3 Å². The van der Waals surface area contributed by atoms with Gasteiger partial charge >= 0.3 is 5.97 Å². The number of nitrogens with zero attached hydrogens (tertiary/aromatic N) is 2. The minimum atomic E-state index is -1.20. The van der Waals surface area contributed by atoms with Crippen molar-refractivity contribution < 1.29 is 33.8 Å². The molecule has 0 unspecified atom stereocenters. The van der Waals surface area contributed by atoms with Gasteiger partial charge in [-0.05, 0) is 44.6 Å². The third-order valence-electron chi connectivity index (χ3n) is 9.30. The summed E-state index contributed by atoms with van der Waals surface area (Å²) in [5, 5.41) is 13.5. The van der Waals surface area contributed by atoms with Gasteiger partial charge in [-0.15, -0.1) is 13.2 Å². The van der Waals surface area contributed by atoms with Gasteiger partial charge in [0.2, 0.25) is 17.7 Å². The Kier molecular flexibility index (Phi) is 10.7. The summed E-state index contributed by atoms with van der Waals surface area (Å²) in [5.74, 6) is -3.31. The van der Waals surface area contributed by atoms with E-state index in [1.54, 1.807) is 17.1 Å². The number of allylic oxidation sites excluding steroid dienone is 1. The Labute approximate surface area is 260 Å². The molecule has 240 valence electrons. The van der Waals surface area contributed by atoms with E-state index in [4.69, 9.17) is 9.47 Å². The molecule has 2 N–H and O–H groups in total. The Morgan fingerprint density at radius 2 is 1.89 bits per heavy atom. The fourth-order valence-corrected chi connectivity index (χ4v) is 7.14. The van der Waals surface area contributed by atoms with Gasteiger partial charge in [0.15, 0.2) is 0 Å².